The Kier molecular flexibility index (Phi) is 6.51. The molecule has 1 fully saturated rings. The van der Waals surface area contributed by atoms with Gasteiger partial charge in [0.1, 0.15) is 11.3 Å². The van der Waals surface area contributed by atoms with Crippen LogP contribution in [0.4, 0.5) is 0 Å². The number of thiocarbonyl (C=S) groups is 1. The lowest BCUT2D eigenvalue weighted by atomic mass is 9.86. The van der Waals surface area contributed by atoms with Gasteiger partial charge in [-0.15, -0.1) is 0 Å². The fraction of sp³-hybridized carbons (Fsp3) is 0.450. The highest BCUT2D eigenvalue weighted by Crippen LogP contribution is 2.23. The fourth-order valence-electron chi connectivity index (χ4n) is 3.44. The van der Waals surface area contributed by atoms with Crippen molar-refractivity contribution in [2.45, 2.75) is 45.6 Å². The van der Waals surface area contributed by atoms with Crippen LogP contribution in [0.1, 0.15) is 38.2 Å². The summed E-state index contributed by atoms with van der Waals surface area (Å²) in [6.07, 6.45) is 4.71. The number of ether oxygens (including phenoxy) is 1. The van der Waals surface area contributed by atoms with Gasteiger partial charge in [-0.3, -0.25) is 15.6 Å². The van der Waals surface area contributed by atoms with E-state index >= 15 is 0 Å². The lowest BCUT2D eigenvalue weighted by Crippen LogP contribution is -2.52. The summed E-state index contributed by atoms with van der Waals surface area (Å²) in [7, 11) is 0. The summed E-state index contributed by atoms with van der Waals surface area (Å²) < 4.78 is 10.7. The van der Waals surface area contributed by atoms with Crippen LogP contribution in [0, 0.1) is 12.8 Å². The maximum Gasteiger partial charge on any atom is 0.336 e. The molecule has 28 heavy (non-hydrogen) atoms. The van der Waals surface area contributed by atoms with Crippen LogP contribution in [0.2, 0.25) is 0 Å². The van der Waals surface area contributed by atoms with Crippen molar-refractivity contribution in [1.29, 1.82) is 0 Å². The Morgan fingerprint density at radius 1 is 1.25 bits per heavy atom. The number of carbonyl (C=O) groups excluding carboxylic acids is 1. The van der Waals surface area contributed by atoms with Crippen LogP contribution in [-0.2, 0) is 4.79 Å². The van der Waals surface area contributed by atoms with E-state index in [4.69, 9.17) is 21.4 Å². The summed E-state index contributed by atoms with van der Waals surface area (Å²) in [6, 6.07) is 6.89. The second kappa shape index (κ2) is 9.05. The maximum atomic E-state index is 12.0. The summed E-state index contributed by atoms with van der Waals surface area (Å²) in [5, 5.41) is 4.47. The predicted molar refractivity (Wildman–Crippen MR) is 111 cm³/mol. The number of aryl methyl sites for hydroxylation is 1. The molecule has 1 heterocycles. The fourth-order valence-corrected chi connectivity index (χ4v) is 3.64. The van der Waals surface area contributed by atoms with Gasteiger partial charge in [-0.25, -0.2) is 4.79 Å². The number of carbonyl (C=O) groups is 1. The van der Waals surface area contributed by atoms with Crippen LogP contribution >= 0.6 is 12.2 Å². The van der Waals surface area contributed by atoms with Crippen molar-refractivity contribution in [2.24, 2.45) is 5.92 Å². The van der Waals surface area contributed by atoms with Gasteiger partial charge in [0.15, 0.2) is 11.7 Å². The third-order valence-corrected chi connectivity index (χ3v) is 5.26. The standard InChI is InChI=1S/C20H25N3O4S/c1-12-5-3-4-6-16(12)21-20(28)23-22-18(24)11-26-14-7-8-15-13(2)9-19(25)27-17(15)10-14/h7-10,12,16H,3-6,11H2,1-2H3,(H,22,24)(H2,21,23,28)/t12-,16+/m1/s1. The molecule has 3 N–H and O–H groups in total. The highest BCUT2D eigenvalue weighted by molar-refractivity contribution is 7.80. The molecule has 1 aliphatic carbocycles. The lowest BCUT2D eigenvalue weighted by Gasteiger charge is -2.30. The van der Waals surface area contributed by atoms with Crippen molar-refractivity contribution in [1.82, 2.24) is 16.2 Å². The number of hydrazine groups is 1. The van der Waals surface area contributed by atoms with E-state index in [2.05, 4.69) is 23.1 Å². The molecule has 1 aliphatic rings. The van der Waals surface area contributed by atoms with Gasteiger partial charge in [0, 0.05) is 23.6 Å². The van der Waals surface area contributed by atoms with E-state index in [1.807, 2.05) is 6.92 Å². The van der Waals surface area contributed by atoms with Crippen LogP contribution < -0.4 is 26.5 Å². The van der Waals surface area contributed by atoms with Gasteiger partial charge in [0.2, 0.25) is 0 Å². The second-order valence-corrected chi connectivity index (χ2v) is 7.62. The molecule has 0 bridgehead atoms. The molecule has 3 rings (SSSR count). The molecule has 7 nitrogen and oxygen atoms in total. The van der Waals surface area contributed by atoms with Crippen molar-refractivity contribution >= 4 is 34.2 Å². The van der Waals surface area contributed by atoms with Gasteiger partial charge < -0.3 is 14.5 Å². The van der Waals surface area contributed by atoms with E-state index in [1.54, 1.807) is 18.2 Å². The van der Waals surface area contributed by atoms with Gasteiger partial charge in [-0.2, -0.15) is 0 Å². The third-order valence-electron chi connectivity index (χ3n) is 5.04. The number of fused-ring (bicyclic) bond motifs is 1. The molecule has 0 unspecified atom stereocenters. The Morgan fingerprint density at radius 2 is 2.04 bits per heavy atom. The number of amides is 1. The average molecular weight is 404 g/mol. The molecule has 0 radical (unpaired) electrons. The van der Waals surface area contributed by atoms with Gasteiger partial charge >= 0.3 is 5.63 Å². The Labute approximate surface area is 168 Å². The van der Waals surface area contributed by atoms with Gasteiger partial charge in [0.05, 0.1) is 0 Å². The first-order chi connectivity index (χ1) is 13.4. The van der Waals surface area contributed by atoms with Gasteiger partial charge in [-0.1, -0.05) is 19.8 Å². The minimum atomic E-state index is -0.419. The smallest absolute Gasteiger partial charge is 0.336 e. The third kappa shape index (κ3) is 5.22. The van der Waals surface area contributed by atoms with E-state index in [1.165, 1.54) is 25.3 Å². The van der Waals surface area contributed by atoms with Crippen LogP contribution in [0.5, 0.6) is 5.75 Å². The number of rotatable bonds is 4. The molecule has 1 amide bonds. The van der Waals surface area contributed by atoms with Crippen LogP contribution in [0.25, 0.3) is 11.0 Å². The molecule has 0 spiro atoms. The van der Waals surface area contributed by atoms with Crippen molar-refractivity contribution in [2.75, 3.05) is 6.61 Å². The molecule has 150 valence electrons. The minimum absolute atomic E-state index is 0.197. The first kappa shape index (κ1) is 20.1. The minimum Gasteiger partial charge on any atom is -0.484 e. The topological polar surface area (TPSA) is 92.6 Å². The van der Waals surface area contributed by atoms with E-state index in [0.717, 1.165) is 17.4 Å². The first-order valence-corrected chi connectivity index (χ1v) is 9.86. The van der Waals surface area contributed by atoms with Crippen LogP contribution in [0.15, 0.2) is 33.5 Å². The van der Waals surface area contributed by atoms with E-state index in [0.29, 0.717) is 28.4 Å². The second-order valence-electron chi connectivity index (χ2n) is 7.21. The van der Waals surface area contributed by atoms with Gasteiger partial charge in [0.25, 0.3) is 5.91 Å². The van der Waals surface area contributed by atoms with Crippen molar-refractivity contribution in [3.63, 3.8) is 0 Å². The molecule has 8 heteroatoms. The Bertz CT molecular complexity index is 927. The molecule has 0 aliphatic heterocycles. The number of hydrogen-bond acceptors (Lipinski definition) is 5. The van der Waals surface area contributed by atoms with E-state index in [9.17, 15) is 9.59 Å². The molecule has 0 saturated heterocycles. The summed E-state index contributed by atoms with van der Waals surface area (Å²) >= 11 is 5.24. The van der Waals surface area contributed by atoms with Crippen LogP contribution in [0.3, 0.4) is 0 Å². The predicted octanol–water partition coefficient (Wildman–Crippen LogP) is 2.55. The zero-order valence-electron chi connectivity index (χ0n) is 16.0. The molecular weight excluding hydrogens is 378 g/mol. The SMILES string of the molecule is Cc1cc(=O)oc2cc(OCC(=O)NNC(=S)N[C@H]3CCCC[C@H]3C)ccc12. The Balaban J connectivity index is 1.47. The first-order valence-electron chi connectivity index (χ1n) is 9.45. The zero-order chi connectivity index (χ0) is 20.1. The molecule has 1 aromatic carbocycles. The summed E-state index contributed by atoms with van der Waals surface area (Å²) in [5.74, 6) is 0.629. The monoisotopic (exact) mass is 403 g/mol. The quantitative estimate of drug-likeness (QED) is 0.410. The molecule has 1 saturated carbocycles. The van der Waals surface area contributed by atoms with Crippen molar-refractivity contribution in [3.8, 4) is 5.75 Å². The number of nitrogens with one attached hydrogen (secondary N) is 3. The summed E-state index contributed by atoms with van der Waals surface area (Å²) in [4.78, 5) is 23.5. The van der Waals surface area contributed by atoms with E-state index < -0.39 is 5.63 Å². The maximum absolute atomic E-state index is 12.0. The van der Waals surface area contributed by atoms with Crippen molar-refractivity contribution < 1.29 is 13.9 Å². The number of hydrogen-bond donors (Lipinski definition) is 3. The molecule has 2 aromatic rings. The normalized spacial score (nSPS) is 19.1. The molecule has 2 atom stereocenters. The van der Waals surface area contributed by atoms with Gasteiger partial charge in [-0.05, 0) is 55.6 Å². The largest absolute Gasteiger partial charge is 0.484 e. The number of benzene rings is 1. The zero-order valence-corrected chi connectivity index (χ0v) is 16.9. The highest BCUT2D eigenvalue weighted by Gasteiger charge is 2.21. The van der Waals surface area contributed by atoms with Crippen LogP contribution in [-0.4, -0.2) is 23.7 Å². The summed E-state index contributed by atoms with van der Waals surface area (Å²) in [6.45, 7) is 3.85. The molecule has 1 aromatic heterocycles. The molecular formula is C20H25N3O4S. The highest BCUT2D eigenvalue weighted by atomic mass is 32.1. The Morgan fingerprint density at radius 3 is 2.82 bits per heavy atom. The average Bonchev–Trinajstić information content (AvgIpc) is 2.66. The van der Waals surface area contributed by atoms with Crippen molar-refractivity contribution in [3.05, 3.63) is 40.2 Å². The van der Waals surface area contributed by atoms with E-state index in [-0.39, 0.29) is 12.5 Å². The summed E-state index contributed by atoms with van der Waals surface area (Å²) in [5.41, 5.74) is 6.07. The Hall–Kier alpha value is -2.61. The lowest BCUT2D eigenvalue weighted by molar-refractivity contribution is -0.123.